The fourth-order valence-electron chi connectivity index (χ4n) is 2.57. The van der Waals surface area contributed by atoms with Crippen LogP contribution in [0.15, 0.2) is 18.2 Å². The Bertz CT molecular complexity index is 395. The summed E-state index contributed by atoms with van der Waals surface area (Å²) in [5, 5.41) is 3.94. The van der Waals surface area contributed by atoms with Gasteiger partial charge in [-0.3, -0.25) is 4.90 Å². The monoisotopic (exact) mass is 306 g/mol. The van der Waals surface area contributed by atoms with Gasteiger partial charge in [0.2, 0.25) is 0 Å². The third-order valence-corrected chi connectivity index (χ3v) is 3.71. The summed E-state index contributed by atoms with van der Waals surface area (Å²) >= 11 is 6.00. The predicted molar refractivity (Wildman–Crippen MR) is 80.7 cm³/mol. The highest BCUT2D eigenvalue weighted by Gasteiger charge is 2.23. The molecule has 0 amide bonds. The molecule has 108 valence electrons. The molecule has 2 rings (SSSR count). The van der Waals surface area contributed by atoms with Gasteiger partial charge in [0, 0.05) is 42.8 Å². The first-order valence-corrected chi connectivity index (χ1v) is 7.00. The fourth-order valence-corrected chi connectivity index (χ4v) is 2.75. The maximum Gasteiger partial charge on any atom is 0.128 e. The first kappa shape index (κ1) is 16.7. The molecule has 0 bridgehead atoms. The molecule has 5 heteroatoms. The Hall–Kier alpha value is -0.350. The van der Waals surface area contributed by atoms with Crippen LogP contribution in [0.5, 0.6) is 0 Å². The lowest BCUT2D eigenvalue weighted by Gasteiger charge is -2.35. The van der Waals surface area contributed by atoms with Crippen molar-refractivity contribution in [3.05, 3.63) is 34.6 Å². The van der Waals surface area contributed by atoms with Crippen LogP contribution >= 0.6 is 24.0 Å². The van der Waals surface area contributed by atoms with Crippen LogP contribution in [0.2, 0.25) is 5.02 Å². The molecule has 1 aliphatic rings. The van der Waals surface area contributed by atoms with Crippen molar-refractivity contribution in [2.24, 2.45) is 0 Å². The van der Waals surface area contributed by atoms with Crippen molar-refractivity contribution in [1.82, 2.24) is 10.2 Å². The molecule has 0 spiro atoms. The second-order valence-electron chi connectivity index (χ2n) is 4.76. The summed E-state index contributed by atoms with van der Waals surface area (Å²) in [6, 6.07) is 5.01. The Balaban J connectivity index is 0.00000180. The van der Waals surface area contributed by atoms with Gasteiger partial charge in [-0.15, -0.1) is 12.4 Å². The maximum atomic E-state index is 14.0. The van der Waals surface area contributed by atoms with Gasteiger partial charge >= 0.3 is 0 Å². The molecule has 1 fully saturated rings. The largest absolute Gasteiger partial charge is 0.314 e. The van der Waals surface area contributed by atoms with Gasteiger partial charge in [-0.1, -0.05) is 24.9 Å². The summed E-state index contributed by atoms with van der Waals surface area (Å²) in [5.74, 6) is -0.142. The minimum Gasteiger partial charge on any atom is -0.314 e. The van der Waals surface area contributed by atoms with E-state index in [1.54, 1.807) is 12.1 Å². The maximum absolute atomic E-state index is 14.0. The normalized spacial score (nSPS) is 17.8. The number of piperazine rings is 1. The molecule has 1 aromatic carbocycles. The van der Waals surface area contributed by atoms with E-state index < -0.39 is 0 Å². The molecular weight excluding hydrogens is 286 g/mol. The zero-order valence-corrected chi connectivity index (χ0v) is 12.7. The van der Waals surface area contributed by atoms with Crippen LogP contribution in [0, 0.1) is 5.82 Å². The van der Waals surface area contributed by atoms with Gasteiger partial charge in [0.15, 0.2) is 0 Å². The van der Waals surface area contributed by atoms with Crippen molar-refractivity contribution in [2.75, 3.05) is 26.2 Å². The third-order valence-electron chi connectivity index (χ3n) is 3.47. The molecule has 1 N–H and O–H groups in total. The van der Waals surface area contributed by atoms with E-state index in [9.17, 15) is 4.39 Å². The van der Waals surface area contributed by atoms with Crippen molar-refractivity contribution in [2.45, 2.75) is 25.8 Å². The van der Waals surface area contributed by atoms with Gasteiger partial charge in [0.05, 0.1) is 0 Å². The second kappa shape index (κ2) is 8.05. The Morgan fingerprint density at radius 1 is 1.37 bits per heavy atom. The van der Waals surface area contributed by atoms with Crippen molar-refractivity contribution >= 4 is 24.0 Å². The fraction of sp³-hybridized carbons (Fsp3) is 0.571. The lowest BCUT2D eigenvalue weighted by atomic mass is 9.99. The van der Waals surface area contributed by atoms with E-state index in [1.807, 2.05) is 0 Å². The zero-order valence-electron chi connectivity index (χ0n) is 11.2. The first-order valence-electron chi connectivity index (χ1n) is 6.62. The van der Waals surface area contributed by atoms with E-state index >= 15 is 0 Å². The Morgan fingerprint density at radius 2 is 2.05 bits per heavy atom. The average Bonchev–Trinajstić information content (AvgIpc) is 2.40. The first-order chi connectivity index (χ1) is 8.72. The molecule has 1 saturated heterocycles. The number of nitrogens with zero attached hydrogens (tertiary/aromatic N) is 1. The SMILES string of the molecule is CCC[C@@H](c1cc(Cl)ccc1F)N1CCNCC1.Cl. The van der Waals surface area contributed by atoms with E-state index in [1.165, 1.54) is 6.07 Å². The minimum atomic E-state index is -0.142. The van der Waals surface area contributed by atoms with Gasteiger partial charge in [-0.05, 0) is 24.6 Å². The van der Waals surface area contributed by atoms with Crippen LogP contribution in [0.4, 0.5) is 4.39 Å². The van der Waals surface area contributed by atoms with Gasteiger partial charge in [0.1, 0.15) is 5.82 Å². The molecule has 0 aliphatic carbocycles. The van der Waals surface area contributed by atoms with Crippen LogP contribution < -0.4 is 5.32 Å². The predicted octanol–water partition coefficient (Wildman–Crippen LogP) is 3.65. The molecule has 0 aromatic heterocycles. The number of hydrogen-bond donors (Lipinski definition) is 1. The van der Waals surface area contributed by atoms with Crippen LogP contribution in [-0.4, -0.2) is 31.1 Å². The smallest absolute Gasteiger partial charge is 0.128 e. The zero-order chi connectivity index (χ0) is 13.0. The molecule has 1 atom stereocenters. The number of hydrogen-bond acceptors (Lipinski definition) is 2. The highest BCUT2D eigenvalue weighted by molar-refractivity contribution is 6.30. The Labute approximate surface area is 125 Å². The van der Waals surface area contributed by atoms with Gasteiger partial charge in [0.25, 0.3) is 0 Å². The molecular formula is C14H21Cl2FN2. The minimum absolute atomic E-state index is 0. The van der Waals surface area contributed by atoms with Crippen molar-refractivity contribution in [3.8, 4) is 0 Å². The van der Waals surface area contributed by atoms with E-state index in [-0.39, 0.29) is 24.3 Å². The summed E-state index contributed by atoms with van der Waals surface area (Å²) in [7, 11) is 0. The second-order valence-corrected chi connectivity index (χ2v) is 5.19. The topological polar surface area (TPSA) is 15.3 Å². The van der Waals surface area contributed by atoms with Gasteiger partial charge < -0.3 is 5.32 Å². The molecule has 1 aliphatic heterocycles. The summed E-state index contributed by atoms with van der Waals surface area (Å²) in [5.41, 5.74) is 0.742. The summed E-state index contributed by atoms with van der Waals surface area (Å²) in [4.78, 5) is 2.36. The van der Waals surface area contributed by atoms with E-state index in [2.05, 4.69) is 17.1 Å². The molecule has 0 unspecified atom stereocenters. The Kier molecular flexibility index (Phi) is 7.08. The summed E-state index contributed by atoms with van der Waals surface area (Å²) in [6.45, 7) is 6.02. The number of rotatable bonds is 4. The lowest BCUT2D eigenvalue weighted by molar-refractivity contribution is 0.161. The number of benzene rings is 1. The highest BCUT2D eigenvalue weighted by Crippen LogP contribution is 2.30. The summed E-state index contributed by atoms with van der Waals surface area (Å²) in [6.07, 6.45) is 2.01. The van der Waals surface area contributed by atoms with E-state index in [0.717, 1.165) is 44.6 Å². The van der Waals surface area contributed by atoms with Crippen molar-refractivity contribution in [1.29, 1.82) is 0 Å². The number of nitrogens with one attached hydrogen (secondary N) is 1. The average molecular weight is 307 g/mol. The standard InChI is InChI=1S/C14H20ClFN2.ClH/c1-2-3-14(18-8-6-17-7-9-18)12-10-11(15)4-5-13(12)16;/h4-5,10,14,17H,2-3,6-9H2,1H3;1H/t14-;/m0./s1. The Morgan fingerprint density at radius 3 is 2.68 bits per heavy atom. The molecule has 1 heterocycles. The van der Waals surface area contributed by atoms with Crippen molar-refractivity contribution in [3.63, 3.8) is 0 Å². The van der Waals surface area contributed by atoms with Crippen LogP contribution in [-0.2, 0) is 0 Å². The van der Waals surface area contributed by atoms with Gasteiger partial charge in [-0.25, -0.2) is 4.39 Å². The molecule has 2 nitrogen and oxygen atoms in total. The van der Waals surface area contributed by atoms with Crippen LogP contribution in [0.25, 0.3) is 0 Å². The quantitative estimate of drug-likeness (QED) is 0.913. The van der Waals surface area contributed by atoms with Gasteiger partial charge in [-0.2, -0.15) is 0 Å². The molecule has 19 heavy (non-hydrogen) atoms. The van der Waals surface area contributed by atoms with Crippen molar-refractivity contribution < 1.29 is 4.39 Å². The summed E-state index contributed by atoms with van der Waals surface area (Å²) < 4.78 is 14.0. The lowest BCUT2D eigenvalue weighted by Crippen LogP contribution is -2.45. The van der Waals surface area contributed by atoms with Crippen LogP contribution in [0.1, 0.15) is 31.4 Å². The van der Waals surface area contributed by atoms with E-state index in [4.69, 9.17) is 11.6 Å². The van der Waals surface area contributed by atoms with Crippen LogP contribution in [0.3, 0.4) is 0 Å². The number of halogens is 3. The molecule has 0 radical (unpaired) electrons. The third kappa shape index (κ3) is 4.32. The molecule has 1 aromatic rings. The highest BCUT2D eigenvalue weighted by atomic mass is 35.5. The molecule has 0 saturated carbocycles. The van der Waals surface area contributed by atoms with E-state index in [0.29, 0.717) is 5.02 Å².